The van der Waals surface area contributed by atoms with E-state index in [-0.39, 0.29) is 0 Å². The third kappa shape index (κ3) is 3.70. The molecule has 116 valence electrons. The number of hydrogen-bond acceptors (Lipinski definition) is 4. The van der Waals surface area contributed by atoms with E-state index < -0.39 is 6.10 Å². The fourth-order valence-corrected chi connectivity index (χ4v) is 3.15. The predicted molar refractivity (Wildman–Crippen MR) is 86.2 cm³/mol. The van der Waals surface area contributed by atoms with E-state index in [1.165, 1.54) is 6.42 Å². The molecular weight excluding hydrogens is 274 g/mol. The standard InChI is InChI=1S/C18H23N3O/c1-14-11-20-16(12-19-14)13-21-9-5-8-17(21)10-18(22)15-6-3-2-4-7-15/h2-4,6-7,11-12,17-18,22H,5,8-10,13H2,1H3/t17-,18+/m0/s1. The molecule has 1 aromatic heterocycles. The Kier molecular flexibility index (Phi) is 4.80. The molecule has 0 spiro atoms. The van der Waals surface area contributed by atoms with E-state index in [1.54, 1.807) is 0 Å². The minimum absolute atomic E-state index is 0.393. The van der Waals surface area contributed by atoms with Crippen molar-refractivity contribution in [1.82, 2.24) is 14.9 Å². The maximum atomic E-state index is 10.4. The van der Waals surface area contributed by atoms with Crippen molar-refractivity contribution < 1.29 is 5.11 Å². The lowest BCUT2D eigenvalue weighted by Gasteiger charge is -2.26. The smallest absolute Gasteiger partial charge is 0.0805 e. The summed E-state index contributed by atoms with van der Waals surface area (Å²) in [6.45, 7) is 3.84. The van der Waals surface area contributed by atoms with Gasteiger partial charge in [-0.25, -0.2) is 0 Å². The van der Waals surface area contributed by atoms with Crippen molar-refractivity contribution in [2.45, 2.75) is 44.9 Å². The monoisotopic (exact) mass is 297 g/mol. The average Bonchev–Trinajstić information content (AvgIpc) is 2.97. The van der Waals surface area contributed by atoms with Gasteiger partial charge in [0.1, 0.15) is 0 Å². The highest BCUT2D eigenvalue weighted by molar-refractivity contribution is 5.17. The van der Waals surface area contributed by atoms with Crippen molar-refractivity contribution in [3.63, 3.8) is 0 Å². The van der Waals surface area contributed by atoms with Gasteiger partial charge in [0, 0.05) is 25.0 Å². The summed E-state index contributed by atoms with van der Waals surface area (Å²) in [4.78, 5) is 11.2. The van der Waals surface area contributed by atoms with Gasteiger partial charge in [-0.1, -0.05) is 30.3 Å². The van der Waals surface area contributed by atoms with Crippen LogP contribution in [0.1, 0.15) is 42.3 Å². The number of hydrogen-bond donors (Lipinski definition) is 1. The fourth-order valence-electron chi connectivity index (χ4n) is 3.15. The quantitative estimate of drug-likeness (QED) is 0.922. The maximum Gasteiger partial charge on any atom is 0.0805 e. The van der Waals surface area contributed by atoms with Crippen LogP contribution in [0.15, 0.2) is 42.7 Å². The van der Waals surface area contributed by atoms with Gasteiger partial charge in [-0.15, -0.1) is 0 Å². The molecule has 2 heterocycles. The highest BCUT2D eigenvalue weighted by Crippen LogP contribution is 2.28. The molecule has 22 heavy (non-hydrogen) atoms. The molecule has 1 aliphatic rings. The van der Waals surface area contributed by atoms with Crippen LogP contribution in [-0.2, 0) is 6.54 Å². The van der Waals surface area contributed by atoms with E-state index in [0.717, 1.165) is 42.9 Å². The zero-order chi connectivity index (χ0) is 15.4. The van der Waals surface area contributed by atoms with Crippen LogP contribution < -0.4 is 0 Å². The van der Waals surface area contributed by atoms with E-state index >= 15 is 0 Å². The maximum absolute atomic E-state index is 10.4. The van der Waals surface area contributed by atoms with Gasteiger partial charge in [-0.3, -0.25) is 14.9 Å². The van der Waals surface area contributed by atoms with Crippen molar-refractivity contribution in [2.75, 3.05) is 6.54 Å². The summed E-state index contributed by atoms with van der Waals surface area (Å²) in [7, 11) is 0. The number of rotatable bonds is 5. The lowest BCUT2D eigenvalue weighted by atomic mass is 10.0. The lowest BCUT2D eigenvalue weighted by Crippen LogP contribution is -2.30. The van der Waals surface area contributed by atoms with Crippen molar-refractivity contribution >= 4 is 0 Å². The molecule has 1 aliphatic heterocycles. The predicted octanol–water partition coefficient (Wildman–Crippen LogP) is 2.87. The SMILES string of the molecule is Cc1cnc(CN2CCC[C@H]2C[C@@H](O)c2ccccc2)cn1. The molecule has 2 atom stereocenters. The molecule has 3 rings (SSSR count). The molecule has 0 aliphatic carbocycles. The number of likely N-dealkylation sites (tertiary alicyclic amines) is 1. The largest absolute Gasteiger partial charge is 0.388 e. The van der Waals surface area contributed by atoms with E-state index in [4.69, 9.17) is 0 Å². The molecule has 0 amide bonds. The Labute approximate surface area is 131 Å². The summed E-state index contributed by atoms with van der Waals surface area (Å²) < 4.78 is 0. The number of benzene rings is 1. The molecule has 4 heteroatoms. The Morgan fingerprint density at radius 1 is 1.23 bits per heavy atom. The second-order valence-electron chi connectivity index (χ2n) is 6.08. The minimum atomic E-state index is -0.393. The first-order valence-electron chi connectivity index (χ1n) is 7.97. The highest BCUT2D eigenvalue weighted by Gasteiger charge is 2.27. The summed E-state index contributed by atoms with van der Waals surface area (Å²) in [5.41, 5.74) is 2.96. The number of nitrogens with zero attached hydrogens (tertiary/aromatic N) is 3. The first-order valence-corrected chi connectivity index (χ1v) is 7.97. The van der Waals surface area contributed by atoms with Crippen LogP contribution in [0.25, 0.3) is 0 Å². The van der Waals surface area contributed by atoms with E-state index in [1.807, 2.05) is 49.6 Å². The van der Waals surface area contributed by atoms with Gasteiger partial charge in [-0.2, -0.15) is 0 Å². The van der Waals surface area contributed by atoms with Gasteiger partial charge in [0.05, 0.1) is 17.5 Å². The zero-order valence-corrected chi connectivity index (χ0v) is 13.0. The lowest BCUT2D eigenvalue weighted by molar-refractivity contribution is 0.117. The van der Waals surface area contributed by atoms with Gasteiger partial charge >= 0.3 is 0 Å². The van der Waals surface area contributed by atoms with Gasteiger partial charge in [0.2, 0.25) is 0 Å². The Hall–Kier alpha value is -1.78. The third-order valence-corrected chi connectivity index (χ3v) is 4.38. The Morgan fingerprint density at radius 2 is 2.05 bits per heavy atom. The first-order chi connectivity index (χ1) is 10.7. The van der Waals surface area contributed by atoms with E-state index in [2.05, 4.69) is 14.9 Å². The Balaban J connectivity index is 1.62. The summed E-state index contributed by atoms with van der Waals surface area (Å²) in [5.74, 6) is 0. The Bertz CT molecular complexity index is 585. The van der Waals surface area contributed by atoms with Crippen molar-refractivity contribution in [3.05, 3.63) is 59.7 Å². The molecule has 0 unspecified atom stereocenters. The normalized spacial score (nSPS) is 20.2. The molecular formula is C18H23N3O. The molecule has 0 saturated carbocycles. The second kappa shape index (κ2) is 6.99. The average molecular weight is 297 g/mol. The molecule has 4 nitrogen and oxygen atoms in total. The molecule has 0 bridgehead atoms. The number of aliphatic hydroxyl groups excluding tert-OH is 1. The second-order valence-corrected chi connectivity index (χ2v) is 6.08. The van der Waals surface area contributed by atoms with E-state index in [9.17, 15) is 5.11 Å². The van der Waals surface area contributed by atoms with Crippen LogP contribution in [0.3, 0.4) is 0 Å². The highest BCUT2D eigenvalue weighted by atomic mass is 16.3. The Morgan fingerprint density at radius 3 is 2.77 bits per heavy atom. The van der Waals surface area contributed by atoms with Gasteiger partial charge in [0.25, 0.3) is 0 Å². The van der Waals surface area contributed by atoms with Crippen molar-refractivity contribution in [3.8, 4) is 0 Å². The topological polar surface area (TPSA) is 49.2 Å². The molecule has 1 saturated heterocycles. The molecule has 0 radical (unpaired) electrons. The summed E-state index contributed by atoms with van der Waals surface area (Å²) in [6, 6.07) is 10.3. The number of aliphatic hydroxyl groups is 1. The molecule has 1 N–H and O–H groups in total. The summed E-state index contributed by atoms with van der Waals surface area (Å²) >= 11 is 0. The van der Waals surface area contributed by atoms with Crippen molar-refractivity contribution in [2.24, 2.45) is 0 Å². The van der Waals surface area contributed by atoms with Gasteiger partial charge < -0.3 is 5.11 Å². The summed E-state index contributed by atoms with van der Waals surface area (Å²) in [5, 5.41) is 10.4. The third-order valence-electron chi connectivity index (χ3n) is 4.38. The van der Waals surface area contributed by atoms with Crippen LogP contribution in [0.5, 0.6) is 0 Å². The van der Waals surface area contributed by atoms with Gasteiger partial charge in [-0.05, 0) is 38.3 Å². The number of aryl methyl sites for hydroxylation is 1. The summed E-state index contributed by atoms with van der Waals surface area (Å²) in [6.07, 6.45) is 6.39. The van der Waals surface area contributed by atoms with Crippen LogP contribution in [0.4, 0.5) is 0 Å². The fraction of sp³-hybridized carbons (Fsp3) is 0.444. The number of aromatic nitrogens is 2. The molecule has 2 aromatic rings. The van der Waals surface area contributed by atoms with Gasteiger partial charge in [0.15, 0.2) is 0 Å². The van der Waals surface area contributed by atoms with Crippen LogP contribution in [0.2, 0.25) is 0 Å². The van der Waals surface area contributed by atoms with Crippen LogP contribution in [0, 0.1) is 6.92 Å². The minimum Gasteiger partial charge on any atom is -0.388 e. The first kappa shape index (κ1) is 15.1. The molecule has 1 aromatic carbocycles. The zero-order valence-electron chi connectivity index (χ0n) is 13.0. The van der Waals surface area contributed by atoms with Crippen LogP contribution >= 0.6 is 0 Å². The van der Waals surface area contributed by atoms with Crippen molar-refractivity contribution in [1.29, 1.82) is 0 Å². The van der Waals surface area contributed by atoms with Crippen LogP contribution in [-0.4, -0.2) is 32.6 Å². The van der Waals surface area contributed by atoms with E-state index in [0.29, 0.717) is 6.04 Å². The molecule has 1 fully saturated rings.